The van der Waals surface area contributed by atoms with Crippen LogP contribution in [0.4, 0.5) is 5.69 Å². The molecule has 1 fully saturated rings. The number of anilines is 1. The Morgan fingerprint density at radius 2 is 2.21 bits per heavy atom. The molecule has 0 heterocycles. The maximum Gasteiger partial charge on any atom is 0.257 e. The molecule has 5 heteroatoms. The van der Waals surface area contributed by atoms with Crippen LogP contribution in [0.3, 0.4) is 0 Å². The van der Waals surface area contributed by atoms with Gasteiger partial charge < -0.3 is 20.5 Å². The summed E-state index contributed by atoms with van der Waals surface area (Å²) in [5.74, 6) is 0.807. The fourth-order valence-electron chi connectivity index (χ4n) is 2.42. The molecule has 3 N–H and O–H groups in total. The van der Waals surface area contributed by atoms with Crippen molar-refractivity contribution in [1.29, 1.82) is 0 Å². The molecule has 0 aliphatic heterocycles. The van der Waals surface area contributed by atoms with Crippen molar-refractivity contribution in [2.75, 3.05) is 26.4 Å². The number of carbonyl (C=O) groups is 1. The number of aliphatic hydroxyl groups excluding tert-OH is 1. The van der Waals surface area contributed by atoms with Crippen molar-refractivity contribution < 1.29 is 14.6 Å². The molecule has 0 radical (unpaired) electrons. The van der Waals surface area contributed by atoms with E-state index in [2.05, 4.69) is 0 Å². The highest BCUT2D eigenvalue weighted by molar-refractivity contribution is 5.97. The molecule has 1 aliphatic rings. The summed E-state index contributed by atoms with van der Waals surface area (Å²) in [6, 6.07) is 5.04. The zero-order chi connectivity index (χ0) is 14.0. The minimum Gasteiger partial charge on any atom is -0.496 e. The number of hydrogen-bond donors (Lipinski definition) is 2. The van der Waals surface area contributed by atoms with E-state index in [4.69, 9.17) is 10.5 Å². The van der Waals surface area contributed by atoms with Crippen molar-refractivity contribution in [2.24, 2.45) is 5.92 Å². The quantitative estimate of drug-likeness (QED) is 0.799. The second-order valence-corrected chi connectivity index (χ2v) is 5.14. The highest BCUT2D eigenvalue weighted by Gasteiger charge is 2.29. The van der Waals surface area contributed by atoms with Gasteiger partial charge in [-0.2, -0.15) is 0 Å². The van der Waals surface area contributed by atoms with E-state index in [0.717, 1.165) is 12.8 Å². The number of ether oxygens (including phenoxy) is 1. The van der Waals surface area contributed by atoms with E-state index in [9.17, 15) is 9.90 Å². The molecule has 0 saturated heterocycles. The molecular formula is C14H20N2O3. The Morgan fingerprint density at radius 1 is 1.53 bits per heavy atom. The van der Waals surface area contributed by atoms with Gasteiger partial charge in [0.2, 0.25) is 0 Å². The topological polar surface area (TPSA) is 75.8 Å². The van der Waals surface area contributed by atoms with Gasteiger partial charge in [0, 0.05) is 19.3 Å². The normalized spacial score (nSPS) is 21.6. The van der Waals surface area contributed by atoms with Crippen LogP contribution in [0.1, 0.15) is 23.2 Å². The largest absolute Gasteiger partial charge is 0.496 e. The molecule has 0 spiro atoms. The summed E-state index contributed by atoms with van der Waals surface area (Å²) >= 11 is 0. The van der Waals surface area contributed by atoms with Crippen LogP contribution in [-0.2, 0) is 0 Å². The second-order valence-electron chi connectivity index (χ2n) is 5.14. The van der Waals surface area contributed by atoms with Gasteiger partial charge in [-0.1, -0.05) is 0 Å². The van der Waals surface area contributed by atoms with E-state index in [1.807, 2.05) is 0 Å². The molecular weight excluding hydrogens is 244 g/mol. The van der Waals surface area contributed by atoms with E-state index in [1.165, 1.54) is 7.11 Å². The first-order valence-corrected chi connectivity index (χ1v) is 6.38. The predicted octanol–water partition coefficient (Wildman–Crippen LogP) is 1.12. The van der Waals surface area contributed by atoms with Crippen LogP contribution in [0, 0.1) is 5.92 Å². The molecule has 0 bridgehead atoms. The van der Waals surface area contributed by atoms with Gasteiger partial charge in [0.25, 0.3) is 5.91 Å². The predicted molar refractivity (Wildman–Crippen MR) is 73.1 cm³/mol. The fourth-order valence-corrected chi connectivity index (χ4v) is 2.42. The lowest BCUT2D eigenvalue weighted by molar-refractivity contribution is 0.0264. The maximum absolute atomic E-state index is 12.4. The van der Waals surface area contributed by atoms with Gasteiger partial charge in [-0.15, -0.1) is 0 Å². The molecule has 0 atom stereocenters. The maximum atomic E-state index is 12.4. The standard InChI is InChI=1S/C14H20N2O3/c1-16(8-9-5-11(17)6-9)14(18)12-7-10(15)3-4-13(12)19-2/h3-4,7,9,11,17H,5-6,8,15H2,1-2H3. The van der Waals surface area contributed by atoms with Crippen molar-refractivity contribution in [3.05, 3.63) is 23.8 Å². The smallest absolute Gasteiger partial charge is 0.257 e. The van der Waals surface area contributed by atoms with Gasteiger partial charge in [-0.05, 0) is 37.0 Å². The van der Waals surface area contributed by atoms with E-state index >= 15 is 0 Å². The molecule has 1 amide bonds. The molecule has 2 rings (SSSR count). The van der Waals surface area contributed by atoms with E-state index in [1.54, 1.807) is 30.1 Å². The number of nitrogens with two attached hydrogens (primary N) is 1. The Balaban J connectivity index is 2.07. The Hall–Kier alpha value is -1.75. The first-order valence-electron chi connectivity index (χ1n) is 6.38. The third-order valence-corrected chi connectivity index (χ3v) is 3.54. The van der Waals surface area contributed by atoms with E-state index in [-0.39, 0.29) is 12.0 Å². The van der Waals surface area contributed by atoms with Crippen molar-refractivity contribution in [3.8, 4) is 5.75 Å². The van der Waals surface area contributed by atoms with Gasteiger partial charge in [0.15, 0.2) is 0 Å². The number of hydrogen-bond acceptors (Lipinski definition) is 4. The van der Waals surface area contributed by atoms with Crippen molar-refractivity contribution in [1.82, 2.24) is 4.90 Å². The van der Waals surface area contributed by atoms with Gasteiger partial charge >= 0.3 is 0 Å². The molecule has 19 heavy (non-hydrogen) atoms. The number of rotatable bonds is 4. The minimum atomic E-state index is -0.199. The number of amides is 1. The molecule has 1 aliphatic carbocycles. The van der Waals surface area contributed by atoms with Crippen LogP contribution in [0.25, 0.3) is 0 Å². The van der Waals surface area contributed by atoms with Crippen molar-refractivity contribution in [2.45, 2.75) is 18.9 Å². The summed E-state index contributed by atoms with van der Waals surface area (Å²) in [5, 5.41) is 9.27. The van der Waals surface area contributed by atoms with Gasteiger partial charge in [0.1, 0.15) is 5.75 Å². The third-order valence-electron chi connectivity index (χ3n) is 3.54. The molecule has 1 aromatic carbocycles. The number of aliphatic hydroxyl groups is 1. The summed E-state index contributed by atoms with van der Waals surface area (Å²) < 4.78 is 5.19. The second kappa shape index (κ2) is 5.48. The zero-order valence-electron chi connectivity index (χ0n) is 11.3. The summed E-state index contributed by atoms with van der Waals surface area (Å²) in [4.78, 5) is 14.0. The average molecular weight is 264 g/mol. The summed E-state index contributed by atoms with van der Waals surface area (Å²) in [5.41, 5.74) is 6.73. The van der Waals surface area contributed by atoms with E-state index in [0.29, 0.717) is 29.5 Å². The van der Waals surface area contributed by atoms with Crippen LogP contribution < -0.4 is 10.5 Å². The van der Waals surface area contributed by atoms with E-state index < -0.39 is 0 Å². The number of carbonyl (C=O) groups excluding carboxylic acids is 1. The highest BCUT2D eigenvalue weighted by Crippen LogP contribution is 2.29. The summed E-state index contributed by atoms with van der Waals surface area (Å²) in [6.45, 7) is 0.647. The Morgan fingerprint density at radius 3 is 2.79 bits per heavy atom. The van der Waals surface area contributed by atoms with Gasteiger partial charge in [0.05, 0.1) is 18.8 Å². The number of nitrogen functional groups attached to an aromatic ring is 1. The summed E-state index contributed by atoms with van der Waals surface area (Å²) in [7, 11) is 3.29. The number of benzene rings is 1. The van der Waals surface area contributed by atoms with Gasteiger partial charge in [-0.25, -0.2) is 0 Å². The van der Waals surface area contributed by atoms with Crippen LogP contribution in [0.2, 0.25) is 0 Å². The lowest BCUT2D eigenvalue weighted by Crippen LogP contribution is -2.39. The molecule has 104 valence electrons. The number of nitrogens with zero attached hydrogens (tertiary/aromatic N) is 1. The Kier molecular flexibility index (Phi) is 3.95. The first-order chi connectivity index (χ1) is 9.01. The van der Waals surface area contributed by atoms with Crippen molar-refractivity contribution >= 4 is 11.6 Å². The van der Waals surface area contributed by atoms with Crippen LogP contribution in [0.15, 0.2) is 18.2 Å². The number of methoxy groups -OCH3 is 1. The SMILES string of the molecule is COc1ccc(N)cc1C(=O)N(C)CC1CC(O)C1. The Bertz CT molecular complexity index is 470. The molecule has 1 saturated carbocycles. The Labute approximate surface area is 113 Å². The average Bonchev–Trinajstić information content (AvgIpc) is 2.35. The summed E-state index contributed by atoms with van der Waals surface area (Å²) in [6.07, 6.45) is 1.34. The zero-order valence-corrected chi connectivity index (χ0v) is 11.3. The molecule has 0 aromatic heterocycles. The monoisotopic (exact) mass is 264 g/mol. The highest BCUT2D eigenvalue weighted by atomic mass is 16.5. The molecule has 5 nitrogen and oxygen atoms in total. The first kappa shape index (κ1) is 13.7. The lowest BCUT2D eigenvalue weighted by atomic mass is 9.82. The minimum absolute atomic E-state index is 0.106. The lowest BCUT2D eigenvalue weighted by Gasteiger charge is -2.34. The third kappa shape index (κ3) is 2.98. The molecule has 1 aromatic rings. The van der Waals surface area contributed by atoms with Crippen LogP contribution in [-0.4, -0.2) is 42.7 Å². The van der Waals surface area contributed by atoms with Crippen LogP contribution >= 0.6 is 0 Å². The molecule has 0 unspecified atom stereocenters. The van der Waals surface area contributed by atoms with Crippen molar-refractivity contribution in [3.63, 3.8) is 0 Å². The van der Waals surface area contributed by atoms with Crippen LogP contribution in [0.5, 0.6) is 5.75 Å². The fraction of sp³-hybridized carbons (Fsp3) is 0.500. The van der Waals surface area contributed by atoms with Gasteiger partial charge in [-0.3, -0.25) is 4.79 Å².